The molecule has 0 bridgehead atoms. The fourth-order valence-electron chi connectivity index (χ4n) is 2.10. The fraction of sp³-hybridized carbons (Fsp3) is 0. The lowest BCUT2D eigenvalue weighted by Gasteiger charge is -1.94. The van der Waals surface area contributed by atoms with Gasteiger partial charge in [-0.05, 0) is 30.3 Å². The third kappa shape index (κ3) is 3.27. The molecule has 2 N–H and O–H groups in total. The Morgan fingerprint density at radius 1 is 0.708 bits per heavy atom. The second-order valence-electron chi connectivity index (χ2n) is 4.93. The maximum absolute atomic E-state index is 10.8. The van der Waals surface area contributed by atoms with Crippen LogP contribution < -0.4 is 11.3 Å². The molecule has 120 valence electrons. The van der Waals surface area contributed by atoms with Gasteiger partial charge in [0.15, 0.2) is 0 Å². The Hall–Kier alpha value is -3.54. The zero-order valence-corrected chi connectivity index (χ0v) is 12.3. The van der Waals surface area contributed by atoms with Crippen LogP contribution in [0.5, 0.6) is 11.5 Å². The molecule has 0 saturated heterocycles. The van der Waals surface area contributed by atoms with Crippen LogP contribution in [-0.2, 0) is 0 Å². The molecule has 0 amide bonds. The molecule has 0 aliphatic heterocycles. The van der Waals surface area contributed by atoms with Crippen LogP contribution in [0.3, 0.4) is 0 Å². The van der Waals surface area contributed by atoms with Gasteiger partial charge in [-0.1, -0.05) is 18.2 Å². The number of rotatable bonds is 0. The lowest BCUT2D eigenvalue weighted by atomic mass is 10.2. The molecule has 0 aliphatic carbocycles. The highest BCUT2D eigenvalue weighted by atomic mass is 16.4. The van der Waals surface area contributed by atoms with Crippen LogP contribution in [0.4, 0.5) is 0 Å². The minimum absolute atomic E-state index is 0.0943. The Balaban J connectivity index is 0.000000141. The summed E-state index contributed by atoms with van der Waals surface area (Å²) in [6, 6.07) is 16.0. The Labute approximate surface area is 134 Å². The van der Waals surface area contributed by atoms with Crippen LogP contribution in [-0.4, -0.2) is 10.2 Å². The molecule has 2 heterocycles. The van der Waals surface area contributed by atoms with Crippen LogP contribution in [0.1, 0.15) is 0 Å². The third-order valence-electron chi connectivity index (χ3n) is 3.23. The first-order valence-electron chi connectivity index (χ1n) is 6.98. The van der Waals surface area contributed by atoms with Gasteiger partial charge in [-0.25, -0.2) is 9.59 Å². The van der Waals surface area contributed by atoms with Gasteiger partial charge in [-0.15, -0.1) is 0 Å². The van der Waals surface area contributed by atoms with E-state index in [2.05, 4.69) is 0 Å². The quantitative estimate of drug-likeness (QED) is 0.482. The van der Waals surface area contributed by atoms with Gasteiger partial charge in [0.25, 0.3) is 0 Å². The molecule has 6 nitrogen and oxygen atoms in total. The first-order chi connectivity index (χ1) is 11.5. The lowest BCUT2D eigenvalue weighted by Crippen LogP contribution is -1.96. The SMILES string of the molecule is O=c1ccc2ccc(O)cc2o1.O=c1oc2ccccc2cc1O. The normalized spacial score (nSPS) is 10.3. The van der Waals surface area contributed by atoms with Crippen molar-refractivity contribution in [3.05, 3.63) is 81.5 Å². The van der Waals surface area contributed by atoms with E-state index >= 15 is 0 Å². The Morgan fingerprint density at radius 2 is 1.46 bits per heavy atom. The summed E-state index contributed by atoms with van der Waals surface area (Å²) in [5, 5.41) is 19.6. The molecule has 6 heteroatoms. The standard InChI is InChI=1S/2C9H6O3/c10-7-3-1-6-2-4-9(11)12-8(6)5-7;10-7-5-6-3-1-2-4-8(6)12-9(7)11/h2*1-5,10H. The van der Waals surface area contributed by atoms with Gasteiger partial charge in [-0.3, -0.25) is 0 Å². The smallest absolute Gasteiger partial charge is 0.378 e. The largest absolute Gasteiger partial charge is 0.508 e. The first kappa shape index (κ1) is 15.4. The van der Waals surface area contributed by atoms with Crippen molar-refractivity contribution in [3.63, 3.8) is 0 Å². The van der Waals surface area contributed by atoms with Crippen LogP contribution in [0, 0.1) is 0 Å². The van der Waals surface area contributed by atoms with E-state index in [0.29, 0.717) is 11.2 Å². The summed E-state index contributed by atoms with van der Waals surface area (Å²) in [5.41, 5.74) is -0.218. The van der Waals surface area contributed by atoms with E-state index in [-0.39, 0.29) is 11.5 Å². The van der Waals surface area contributed by atoms with Gasteiger partial charge in [0, 0.05) is 22.9 Å². The van der Waals surface area contributed by atoms with Gasteiger partial charge in [0.2, 0.25) is 5.75 Å². The highest BCUT2D eigenvalue weighted by Crippen LogP contribution is 2.17. The van der Waals surface area contributed by atoms with Crippen LogP contribution in [0.25, 0.3) is 21.9 Å². The molecule has 0 spiro atoms. The summed E-state index contributed by atoms with van der Waals surface area (Å²) in [7, 11) is 0. The molecule has 24 heavy (non-hydrogen) atoms. The topological polar surface area (TPSA) is 101 Å². The molecule has 0 aliphatic rings. The van der Waals surface area contributed by atoms with E-state index in [4.69, 9.17) is 19.0 Å². The molecule has 2 aromatic carbocycles. The Bertz CT molecular complexity index is 1120. The second-order valence-corrected chi connectivity index (χ2v) is 4.93. The van der Waals surface area contributed by atoms with E-state index in [0.717, 1.165) is 10.8 Å². The molecule has 0 unspecified atom stereocenters. The predicted octanol–water partition coefficient (Wildman–Crippen LogP) is 3.00. The molecule has 2 aromatic heterocycles. The molecule has 4 rings (SSSR count). The van der Waals surface area contributed by atoms with Crippen molar-refractivity contribution in [2.24, 2.45) is 0 Å². The number of aromatic hydroxyl groups is 2. The zero-order valence-electron chi connectivity index (χ0n) is 12.3. The van der Waals surface area contributed by atoms with Crippen molar-refractivity contribution in [1.29, 1.82) is 0 Å². The average molecular weight is 324 g/mol. The summed E-state index contributed by atoms with van der Waals surface area (Å²) >= 11 is 0. The molecular weight excluding hydrogens is 312 g/mol. The fourth-order valence-corrected chi connectivity index (χ4v) is 2.10. The highest BCUT2D eigenvalue weighted by molar-refractivity contribution is 5.78. The molecule has 0 radical (unpaired) electrons. The van der Waals surface area contributed by atoms with E-state index < -0.39 is 11.3 Å². The van der Waals surface area contributed by atoms with Crippen molar-refractivity contribution in [3.8, 4) is 11.5 Å². The Morgan fingerprint density at radius 3 is 2.29 bits per heavy atom. The number of phenols is 1. The van der Waals surface area contributed by atoms with Gasteiger partial charge in [0.05, 0.1) is 0 Å². The second kappa shape index (κ2) is 6.29. The van der Waals surface area contributed by atoms with Gasteiger partial charge >= 0.3 is 11.3 Å². The lowest BCUT2D eigenvalue weighted by molar-refractivity contribution is 0.428. The van der Waals surface area contributed by atoms with E-state index in [1.807, 2.05) is 6.07 Å². The minimum Gasteiger partial charge on any atom is -0.508 e. The van der Waals surface area contributed by atoms with Crippen molar-refractivity contribution in [2.75, 3.05) is 0 Å². The van der Waals surface area contributed by atoms with E-state index in [9.17, 15) is 9.59 Å². The molecule has 0 fully saturated rings. The maximum atomic E-state index is 10.8. The first-order valence-corrected chi connectivity index (χ1v) is 6.98. The monoisotopic (exact) mass is 324 g/mol. The van der Waals surface area contributed by atoms with Gasteiger partial charge in [0.1, 0.15) is 16.9 Å². The Kier molecular flexibility index (Phi) is 4.03. The van der Waals surface area contributed by atoms with Crippen LogP contribution >= 0.6 is 0 Å². The van der Waals surface area contributed by atoms with E-state index in [1.165, 1.54) is 18.2 Å². The molecule has 0 saturated carbocycles. The van der Waals surface area contributed by atoms with Crippen molar-refractivity contribution >= 4 is 21.9 Å². The van der Waals surface area contributed by atoms with Crippen molar-refractivity contribution in [2.45, 2.75) is 0 Å². The van der Waals surface area contributed by atoms with Crippen LogP contribution in [0.2, 0.25) is 0 Å². The minimum atomic E-state index is -0.700. The summed E-state index contributed by atoms with van der Waals surface area (Å²) in [6.07, 6.45) is 0. The predicted molar refractivity (Wildman–Crippen MR) is 88.3 cm³/mol. The molecule has 4 aromatic rings. The summed E-state index contributed by atoms with van der Waals surface area (Å²) in [4.78, 5) is 21.6. The molecule has 0 atom stereocenters. The third-order valence-corrected chi connectivity index (χ3v) is 3.23. The van der Waals surface area contributed by atoms with Crippen LogP contribution in [0.15, 0.2) is 79.1 Å². The highest BCUT2D eigenvalue weighted by Gasteiger charge is 2.00. The maximum Gasteiger partial charge on any atom is 0.378 e. The number of hydrogen-bond acceptors (Lipinski definition) is 6. The summed E-state index contributed by atoms with van der Waals surface area (Å²) < 4.78 is 9.61. The number of benzene rings is 2. The van der Waals surface area contributed by atoms with Gasteiger partial charge < -0.3 is 19.0 Å². The van der Waals surface area contributed by atoms with Crippen molar-refractivity contribution in [1.82, 2.24) is 0 Å². The summed E-state index contributed by atoms with van der Waals surface area (Å²) in [6.45, 7) is 0. The number of fused-ring (bicyclic) bond motifs is 2. The summed E-state index contributed by atoms with van der Waals surface area (Å²) in [5.74, 6) is -0.259. The van der Waals surface area contributed by atoms with E-state index in [1.54, 1.807) is 36.4 Å². The van der Waals surface area contributed by atoms with Gasteiger partial charge in [-0.2, -0.15) is 0 Å². The number of para-hydroxylation sites is 1. The number of phenolic OH excluding ortho intramolecular Hbond substituents is 1. The number of hydrogen-bond donors (Lipinski definition) is 2. The average Bonchev–Trinajstić information content (AvgIpc) is 2.56. The van der Waals surface area contributed by atoms with Crippen molar-refractivity contribution < 1.29 is 19.0 Å². The molecular formula is C18H12O6. The zero-order chi connectivity index (χ0) is 17.1.